The summed E-state index contributed by atoms with van der Waals surface area (Å²) in [5.74, 6) is 0.557. The van der Waals surface area contributed by atoms with Gasteiger partial charge < -0.3 is 14.4 Å². The second kappa shape index (κ2) is 10.9. The number of likely N-dealkylation sites (tertiary alicyclic amines) is 1. The minimum Gasteiger partial charge on any atom is -0.480 e. The number of rotatable bonds is 8. The molecule has 2 fully saturated rings. The lowest BCUT2D eigenvalue weighted by Gasteiger charge is -2.35. The molecule has 1 atom stereocenters. The summed E-state index contributed by atoms with van der Waals surface area (Å²) in [6, 6.07) is 10.5. The van der Waals surface area contributed by atoms with Crippen molar-refractivity contribution in [2.45, 2.75) is 38.3 Å². The first-order valence-electron chi connectivity index (χ1n) is 11.5. The zero-order valence-electron chi connectivity index (χ0n) is 18.7. The molecule has 0 bridgehead atoms. The van der Waals surface area contributed by atoms with E-state index in [1.807, 2.05) is 17.0 Å². The Hall–Kier alpha value is -2.51. The van der Waals surface area contributed by atoms with Gasteiger partial charge in [0.15, 0.2) is 0 Å². The van der Waals surface area contributed by atoms with E-state index in [9.17, 15) is 9.18 Å². The minimum absolute atomic E-state index is 0.0563. The van der Waals surface area contributed by atoms with Crippen LogP contribution in [0.1, 0.15) is 41.6 Å². The lowest BCUT2D eigenvalue weighted by atomic mass is 9.95. The lowest BCUT2D eigenvalue weighted by Crippen LogP contribution is -2.43. The summed E-state index contributed by atoms with van der Waals surface area (Å²) in [5, 5.41) is 0. The third-order valence-electron chi connectivity index (χ3n) is 6.47. The van der Waals surface area contributed by atoms with Crippen LogP contribution in [0.3, 0.4) is 0 Å². The number of carbonyl (C=O) groups excluding carboxylic acids is 1. The van der Waals surface area contributed by atoms with Crippen molar-refractivity contribution in [2.24, 2.45) is 5.92 Å². The second-order valence-electron chi connectivity index (χ2n) is 8.72. The van der Waals surface area contributed by atoms with Gasteiger partial charge >= 0.3 is 0 Å². The van der Waals surface area contributed by atoms with Crippen LogP contribution in [0, 0.1) is 11.7 Å². The van der Waals surface area contributed by atoms with E-state index in [0.29, 0.717) is 37.0 Å². The molecule has 1 amide bonds. The molecule has 1 aromatic carbocycles. The molecule has 0 aliphatic carbocycles. The summed E-state index contributed by atoms with van der Waals surface area (Å²) >= 11 is 0. The van der Waals surface area contributed by atoms with E-state index in [1.165, 1.54) is 13.2 Å². The lowest BCUT2D eigenvalue weighted by molar-refractivity contribution is 0.0441. The summed E-state index contributed by atoms with van der Waals surface area (Å²) in [6.45, 7) is 4.47. The molecule has 6 nitrogen and oxygen atoms in total. The highest BCUT2D eigenvalue weighted by Crippen LogP contribution is 2.25. The molecule has 1 aromatic heterocycles. The van der Waals surface area contributed by atoms with E-state index in [4.69, 9.17) is 9.47 Å². The molecule has 0 N–H and O–H groups in total. The van der Waals surface area contributed by atoms with Gasteiger partial charge in [-0.15, -0.1) is 0 Å². The summed E-state index contributed by atoms with van der Waals surface area (Å²) in [5.41, 5.74) is 1.23. The van der Waals surface area contributed by atoms with Gasteiger partial charge in [0.05, 0.1) is 13.2 Å². The SMILES string of the molecule is COc1ncccc1C(=O)N(CC1CCN(Cc2ccccc2F)CC1)C[C@@H]1CCCO1. The van der Waals surface area contributed by atoms with E-state index in [0.717, 1.165) is 50.9 Å². The number of hydrogen-bond donors (Lipinski definition) is 0. The molecule has 0 saturated carbocycles. The molecule has 2 aromatic rings. The molecule has 0 unspecified atom stereocenters. The zero-order chi connectivity index (χ0) is 22.3. The number of benzene rings is 1. The minimum atomic E-state index is -0.145. The van der Waals surface area contributed by atoms with Crippen molar-refractivity contribution in [3.05, 3.63) is 59.5 Å². The van der Waals surface area contributed by atoms with Gasteiger partial charge in [-0.05, 0) is 62.9 Å². The maximum absolute atomic E-state index is 14.0. The highest BCUT2D eigenvalue weighted by molar-refractivity contribution is 5.96. The van der Waals surface area contributed by atoms with Crippen molar-refractivity contribution in [3.8, 4) is 5.88 Å². The van der Waals surface area contributed by atoms with Gasteiger partial charge in [-0.2, -0.15) is 0 Å². The van der Waals surface area contributed by atoms with Crippen LogP contribution in [0.25, 0.3) is 0 Å². The van der Waals surface area contributed by atoms with Crippen molar-refractivity contribution in [1.29, 1.82) is 0 Å². The third kappa shape index (κ3) is 5.64. The highest BCUT2D eigenvalue weighted by atomic mass is 19.1. The number of nitrogens with zero attached hydrogens (tertiary/aromatic N) is 3. The Bertz CT molecular complexity index is 896. The molecule has 2 aliphatic rings. The van der Waals surface area contributed by atoms with Crippen molar-refractivity contribution in [2.75, 3.05) is 39.9 Å². The summed E-state index contributed by atoms with van der Waals surface area (Å²) in [7, 11) is 1.54. The molecule has 7 heteroatoms. The Labute approximate surface area is 189 Å². The quantitative estimate of drug-likeness (QED) is 0.624. The molecule has 0 spiro atoms. The molecular formula is C25H32FN3O3. The average molecular weight is 442 g/mol. The van der Waals surface area contributed by atoms with Crippen LogP contribution in [0.5, 0.6) is 5.88 Å². The number of halogens is 1. The Morgan fingerprint density at radius 3 is 2.72 bits per heavy atom. The Morgan fingerprint density at radius 1 is 1.19 bits per heavy atom. The Balaban J connectivity index is 1.39. The number of aromatic nitrogens is 1. The van der Waals surface area contributed by atoms with Gasteiger partial charge in [0.2, 0.25) is 5.88 Å². The van der Waals surface area contributed by atoms with Crippen molar-refractivity contribution in [1.82, 2.24) is 14.8 Å². The van der Waals surface area contributed by atoms with Crippen LogP contribution in [-0.2, 0) is 11.3 Å². The molecule has 2 aliphatic heterocycles. The summed E-state index contributed by atoms with van der Waals surface area (Å²) in [4.78, 5) is 21.8. The van der Waals surface area contributed by atoms with Crippen molar-refractivity contribution >= 4 is 5.91 Å². The van der Waals surface area contributed by atoms with Gasteiger partial charge in [0.25, 0.3) is 5.91 Å². The van der Waals surface area contributed by atoms with Crippen LogP contribution >= 0.6 is 0 Å². The van der Waals surface area contributed by atoms with Gasteiger partial charge in [-0.1, -0.05) is 18.2 Å². The predicted molar refractivity (Wildman–Crippen MR) is 120 cm³/mol. The van der Waals surface area contributed by atoms with Crippen LogP contribution in [0.2, 0.25) is 0 Å². The largest absolute Gasteiger partial charge is 0.480 e. The van der Waals surface area contributed by atoms with Crippen molar-refractivity contribution < 1.29 is 18.7 Å². The molecule has 172 valence electrons. The average Bonchev–Trinajstić information content (AvgIpc) is 3.34. The molecule has 2 saturated heterocycles. The van der Waals surface area contributed by atoms with Crippen LogP contribution in [-0.4, -0.2) is 66.7 Å². The van der Waals surface area contributed by atoms with E-state index >= 15 is 0 Å². The topological polar surface area (TPSA) is 54.9 Å². The molecule has 4 rings (SSSR count). The third-order valence-corrected chi connectivity index (χ3v) is 6.47. The number of pyridine rings is 1. The number of hydrogen-bond acceptors (Lipinski definition) is 5. The monoisotopic (exact) mass is 441 g/mol. The molecule has 0 radical (unpaired) electrons. The first kappa shape index (κ1) is 22.7. The fourth-order valence-corrected chi connectivity index (χ4v) is 4.67. The van der Waals surface area contributed by atoms with Gasteiger partial charge in [0, 0.05) is 38.0 Å². The number of piperidine rings is 1. The number of methoxy groups -OCH3 is 1. The van der Waals surface area contributed by atoms with Crippen molar-refractivity contribution in [3.63, 3.8) is 0 Å². The van der Waals surface area contributed by atoms with Crippen LogP contribution < -0.4 is 4.74 Å². The summed E-state index contributed by atoms with van der Waals surface area (Å²) < 4.78 is 25.2. The fourth-order valence-electron chi connectivity index (χ4n) is 4.67. The standard InChI is InChI=1S/C25H32FN3O3/c1-31-24-22(8-4-12-27-24)25(30)29(18-21-7-5-15-32-21)16-19-10-13-28(14-11-19)17-20-6-2-3-9-23(20)26/h2-4,6,8-9,12,19,21H,5,7,10-11,13-18H2,1H3/t21-/m0/s1. The smallest absolute Gasteiger partial charge is 0.259 e. The van der Waals surface area contributed by atoms with Gasteiger partial charge in [0.1, 0.15) is 11.4 Å². The first-order valence-corrected chi connectivity index (χ1v) is 11.5. The van der Waals surface area contributed by atoms with Gasteiger partial charge in [-0.3, -0.25) is 9.69 Å². The predicted octanol–water partition coefficient (Wildman–Crippen LogP) is 3.76. The fraction of sp³-hybridized carbons (Fsp3) is 0.520. The van der Waals surface area contributed by atoms with Crippen LogP contribution in [0.4, 0.5) is 4.39 Å². The van der Waals surface area contributed by atoms with E-state index < -0.39 is 0 Å². The summed E-state index contributed by atoms with van der Waals surface area (Å²) in [6.07, 6.45) is 5.70. The van der Waals surface area contributed by atoms with E-state index in [-0.39, 0.29) is 17.8 Å². The normalized spacial score (nSPS) is 19.8. The van der Waals surface area contributed by atoms with Gasteiger partial charge in [-0.25, -0.2) is 9.37 Å². The number of amides is 1. The molecular weight excluding hydrogens is 409 g/mol. The zero-order valence-corrected chi connectivity index (χ0v) is 18.7. The Morgan fingerprint density at radius 2 is 2.00 bits per heavy atom. The molecule has 32 heavy (non-hydrogen) atoms. The second-order valence-corrected chi connectivity index (χ2v) is 8.72. The number of carbonyl (C=O) groups is 1. The maximum atomic E-state index is 14.0. The van der Waals surface area contributed by atoms with Crippen LogP contribution in [0.15, 0.2) is 42.6 Å². The van der Waals surface area contributed by atoms with E-state index in [1.54, 1.807) is 24.4 Å². The highest BCUT2D eigenvalue weighted by Gasteiger charge is 2.29. The first-order chi connectivity index (χ1) is 15.6. The number of ether oxygens (including phenoxy) is 2. The molecule has 3 heterocycles. The Kier molecular flexibility index (Phi) is 7.71. The van der Waals surface area contributed by atoms with E-state index in [2.05, 4.69) is 9.88 Å². The maximum Gasteiger partial charge on any atom is 0.259 e.